The summed E-state index contributed by atoms with van der Waals surface area (Å²) in [6.45, 7) is 14.8. The van der Waals surface area contributed by atoms with E-state index in [1.807, 2.05) is 6.20 Å². The van der Waals surface area contributed by atoms with Gasteiger partial charge in [-0.2, -0.15) is 0 Å². The van der Waals surface area contributed by atoms with E-state index in [1.165, 1.54) is 5.69 Å². The summed E-state index contributed by atoms with van der Waals surface area (Å²) in [4.78, 5) is 11.7. The van der Waals surface area contributed by atoms with Crippen LogP contribution in [0, 0.1) is 0 Å². The van der Waals surface area contributed by atoms with E-state index in [-0.39, 0.29) is 0 Å². The lowest BCUT2D eigenvalue weighted by Crippen LogP contribution is -2.28. The van der Waals surface area contributed by atoms with Gasteiger partial charge >= 0.3 is 0 Å². The molecular weight excluding hydrogens is 248 g/mol. The number of nitrogens with zero attached hydrogens (tertiary/aromatic N) is 3. The third-order valence-electron chi connectivity index (χ3n) is 3.25. The van der Waals surface area contributed by atoms with Gasteiger partial charge in [0.05, 0.1) is 17.6 Å². The van der Waals surface area contributed by atoms with Crippen molar-refractivity contribution < 1.29 is 0 Å². The van der Waals surface area contributed by atoms with E-state index in [0.29, 0.717) is 5.92 Å². The minimum atomic E-state index is 0.371. The predicted molar refractivity (Wildman–Crippen MR) is 86.3 cm³/mol. The second kappa shape index (κ2) is 8.90. The molecule has 0 bridgehead atoms. The number of nitrogens with one attached hydrogen (secondary N) is 1. The van der Waals surface area contributed by atoms with E-state index in [2.05, 4.69) is 49.8 Å². The van der Waals surface area contributed by atoms with Crippen molar-refractivity contribution in [1.29, 1.82) is 0 Å². The summed E-state index contributed by atoms with van der Waals surface area (Å²) in [7, 11) is 0. The molecule has 4 nitrogen and oxygen atoms in total. The van der Waals surface area contributed by atoms with Gasteiger partial charge in [-0.25, -0.2) is 9.97 Å². The number of hydrogen-bond donors (Lipinski definition) is 1. The van der Waals surface area contributed by atoms with Crippen molar-refractivity contribution in [3.05, 3.63) is 17.7 Å². The van der Waals surface area contributed by atoms with Crippen LogP contribution >= 0.6 is 0 Å². The first kappa shape index (κ1) is 16.9. The number of aromatic nitrogens is 2. The first-order valence-electron chi connectivity index (χ1n) is 7.95. The van der Waals surface area contributed by atoms with E-state index < -0.39 is 0 Å². The Balaban J connectivity index is 3.07. The third kappa shape index (κ3) is 4.75. The van der Waals surface area contributed by atoms with Gasteiger partial charge < -0.3 is 10.2 Å². The Hall–Kier alpha value is -1.16. The lowest BCUT2D eigenvalue weighted by Gasteiger charge is -2.26. The Bertz CT molecular complexity index is 384. The number of hydrogen-bond acceptors (Lipinski definition) is 4. The lowest BCUT2D eigenvalue weighted by molar-refractivity contribution is 0.670. The molecule has 1 N–H and O–H groups in total. The maximum atomic E-state index is 4.78. The van der Waals surface area contributed by atoms with Crippen LogP contribution in [0.5, 0.6) is 0 Å². The normalized spacial score (nSPS) is 11.1. The molecule has 0 aliphatic rings. The van der Waals surface area contributed by atoms with Gasteiger partial charge in [-0.05, 0) is 19.4 Å². The van der Waals surface area contributed by atoms with Gasteiger partial charge in [0, 0.05) is 25.6 Å². The summed E-state index contributed by atoms with van der Waals surface area (Å²) in [5.41, 5.74) is 2.33. The highest BCUT2D eigenvalue weighted by Gasteiger charge is 2.14. The lowest BCUT2D eigenvalue weighted by atomic mass is 10.2. The molecule has 0 aromatic carbocycles. The molecule has 0 spiro atoms. The highest BCUT2D eigenvalue weighted by molar-refractivity contribution is 5.49. The SMILES string of the molecule is CCCN(CCC)c1cnc(C(C)C)nc1CNCC. The summed E-state index contributed by atoms with van der Waals surface area (Å²) in [5.74, 6) is 1.31. The molecule has 114 valence electrons. The largest absolute Gasteiger partial charge is 0.369 e. The molecule has 0 atom stereocenters. The van der Waals surface area contributed by atoms with Crippen molar-refractivity contribution >= 4 is 5.69 Å². The zero-order valence-corrected chi connectivity index (χ0v) is 13.7. The van der Waals surface area contributed by atoms with Crippen molar-refractivity contribution in [2.75, 3.05) is 24.5 Å². The van der Waals surface area contributed by atoms with Gasteiger partial charge in [0.1, 0.15) is 5.82 Å². The highest BCUT2D eigenvalue weighted by atomic mass is 15.2. The van der Waals surface area contributed by atoms with E-state index >= 15 is 0 Å². The molecule has 0 aliphatic carbocycles. The zero-order chi connectivity index (χ0) is 15.0. The van der Waals surface area contributed by atoms with Crippen LogP contribution in [0.25, 0.3) is 0 Å². The molecule has 1 rings (SSSR count). The first-order chi connectivity index (χ1) is 9.63. The maximum Gasteiger partial charge on any atom is 0.131 e. The fraction of sp³-hybridized carbons (Fsp3) is 0.750. The maximum absolute atomic E-state index is 4.78. The molecule has 0 unspecified atom stereocenters. The summed E-state index contributed by atoms with van der Waals surface area (Å²) < 4.78 is 0. The average Bonchev–Trinajstić information content (AvgIpc) is 2.44. The molecular formula is C16H30N4. The molecule has 0 radical (unpaired) electrons. The van der Waals surface area contributed by atoms with Gasteiger partial charge in [0.25, 0.3) is 0 Å². The smallest absolute Gasteiger partial charge is 0.131 e. The molecule has 0 fully saturated rings. The predicted octanol–water partition coefficient (Wildman–Crippen LogP) is 3.34. The molecule has 0 amide bonds. The number of rotatable bonds is 9. The monoisotopic (exact) mass is 278 g/mol. The van der Waals surface area contributed by atoms with Gasteiger partial charge in [0.2, 0.25) is 0 Å². The Labute approximate surface area is 124 Å². The van der Waals surface area contributed by atoms with Crippen molar-refractivity contribution in [3.63, 3.8) is 0 Å². The minimum Gasteiger partial charge on any atom is -0.369 e. The molecule has 0 saturated carbocycles. The number of anilines is 1. The van der Waals surface area contributed by atoms with Crippen molar-refractivity contribution in [2.45, 2.75) is 59.9 Å². The second-order valence-electron chi connectivity index (χ2n) is 5.48. The van der Waals surface area contributed by atoms with Crippen LogP contribution in [0.1, 0.15) is 64.9 Å². The van der Waals surface area contributed by atoms with Crippen LogP contribution in [0.3, 0.4) is 0 Å². The van der Waals surface area contributed by atoms with Crippen LogP contribution in [0.4, 0.5) is 5.69 Å². The topological polar surface area (TPSA) is 41.1 Å². The second-order valence-corrected chi connectivity index (χ2v) is 5.48. The van der Waals surface area contributed by atoms with Gasteiger partial charge in [-0.15, -0.1) is 0 Å². The zero-order valence-electron chi connectivity index (χ0n) is 13.7. The van der Waals surface area contributed by atoms with Crippen LogP contribution in [-0.2, 0) is 6.54 Å². The van der Waals surface area contributed by atoms with E-state index in [9.17, 15) is 0 Å². The summed E-state index contributed by atoms with van der Waals surface area (Å²) in [5, 5.41) is 3.39. The molecule has 0 saturated heterocycles. The molecule has 1 aromatic heterocycles. The third-order valence-corrected chi connectivity index (χ3v) is 3.25. The average molecular weight is 278 g/mol. The van der Waals surface area contributed by atoms with Crippen molar-refractivity contribution in [2.24, 2.45) is 0 Å². The van der Waals surface area contributed by atoms with Crippen LogP contribution in [-0.4, -0.2) is 29.6 Å². The van der Waals surface area contributed by atoms with Crippen molar-refractivity contribution in [1.82, 2.24) is 15.3 Å². The molecule has 0 aliphatic heterocycles. The summed E-state index contributed by atoms with van der Waals surface area (Å²) in [6.07, 6.45) is 4.31. The van der Waals surface area contributed by atoms with E-state index in [0.717, 1.165) is 50.5 Å². The molecule has 1 heterocycles. The van der Waals surface area contributed by atoms with Gasteiger partial charge in [-0.3, -0.25) is 0 Å². The highest BCUT2D eigenvalue weighted by Crippen LogP contribution is 2.21. The molecule has 4 heteroatoms. The summed E-state index contributed by atoms with van der Waals surface area (Å²) in [6, 6.07) is 0. The Morgan fingerprint density at radius 2 is 1.80 bits per heavy atom. The molecule has 1 aromatic rings. The Morgan fingerprint density at radius 1 is 1.15 bits per heavy atom. The fourth-order valence-electron chi connectivity index (χ4n) is 2.23. The van der Waals surface area contributed by atoms with Gasteiger partial charge in [-0.1, -0.05) is 34.6 Å². The fourth-order valence-corrected chi connectivity index (χ4v) is 2.23. The minimum absolute atomic E-state index is 0.371. The first-order valence-corrected chi connectivity index (χ1v) is 7.95. The van der Waals surface area contributed by atoms with Crippen molar-refractivity contribution in [3.8, 4) is 0 Å². The standard InChI is InChI=1S/C16H30N4/c1-6-9-20(10-7-2)15-12-18-16(13(4)5)19-14(15)11-17-8-3/h12-13,17H,6-11H2,1-5H3. The van der Waals surface area contributed by atoms with Crippen LogP contribution in [0.2, 0.25) is 0 Å². The van der Waals surface area contributed by atoms with Crippen LogP contribution in [0.15, 0.2) is 6.20 Å². The quantitative estimate of drug-likeness (QED) is 0.752. The van der Waals surface area contributed by atoms with Gasteiger partial charge in [0.15, 0.2) is 0 Å². The Kier molecular flexibility index (Phi) is 7.52. The van der Waals surface area contributed by atoms with Crippen LogP contribution < -0.4 is 10.2 Å². The molecule has 20 heavy (non-hydrogen) atoms. The Morgan fingerprint density at radius 3 is 2.30 bits per heavy atom. The van der Waals surface area contributed by atoms with E-state index in [4.69, 9.17) is 4.98 Å². The summed E-state index contributed by atoms with van der Waals surface area (Å²) >= 11 is 0. The van der Waals surface area contributed by atoms with E-state index in [1.54, 1.807) is 0 Å².